The van der Waals surface area contributed by atoms with Crippen LogP contribution in [-0.4, -0.2) is 30.4 Å². The van der Waals surface area contributed by atoms with E-state index in [0.717, 1.165) is 44.0 Å². The summed E-state index contributed by atoms with van der Waals surface area (Å²) in [6, 6.07) is 3.16. The van der Waals surface area contributed by atoms with E-state index in [1.807, 2.05) is 13.8 Å². The van der Waals surface area contributed by atoms with Crippen LogP contribution in [0.2, 0.25) is 0 Å². The van der Waals surface area contributed by atoms with E-state index in [1.54, 1.807) is 0 Å². The molecule has 5 heteroatoms. The number of benzene rings is 1. The van der Waals surface area contributed by atoms with Gasteiger partial charge in [0.15, 0.2) is 11.6 Å². The molecule has 20 heavy (non-hydrogen) atoms. The summed E-state index contributed by atoms with van der Waals surface area (Å²) >= 11 is 0. The molecule has 1 rings (SSSR count). The molecular formula is C15H23F2NO2. The van der Waals surface area contributed by atoms with Crippen LogP contribution in [0.25, 0.3) is 0 Å². The Morgan fingerprint density at radius 1 is 1.30 bits per heavy atom. The smallest absolute Gasteiger partial charge is 0.165 e. The fraction of sp³-hybridized carbons (Fsp3) is 0.600. The molecule has 114 valence electrons. The maximum absolute atomic E-state index is 13.3. The van der Waals surface area contributed by atoms with Gasteiger partial charge < -0.3 is 15.2 Å². The molecule has 0 amide bonds. The van der Waals surface area contributed by atoms with Gasteiger partial charge in [0.1, 0.15) is 5.82 Å². The second-order valence-electron chi connectivity index (χ2n) is 5.13. The van der Waals surface area contributed by atoms with Gasteiger partial charge in [0, 0.05) is 11.6 Å². The number of rotatable bonds is 9. The first kappa shape index (κ1) is 16.9. The van der Waals surface area contributed by atoms with Crippen LogP contribution in [0.4, 0.5) is 8.78 Å². The minimum atomic E-state index is -0.556. The Hall–Kier alpha value is -1.20. The van der Waals surface area contributed by atoms with Gasteiger partial charge in [-0.05, 0) is 44.9 Å². The highest BCUT2D eigenvalue weighted by Gasteiger charge is 2.20. The standard InChI is InChI=1S/C15H23F2NO2/c1-3-18-15(2,11-19)8-4-5-9-20-14-10-12(16)6-7-13(14)17/h6-7,10,18-19H,3-5,8-9,11H2,1-2H3. The van der Waals surface area contributed by atoms with E-state index < -0.39 is 11.6 Å². The second-order valence-corrected chi connectivity index (χ2v) is 5.13. The molecule has 3 nitrogen and oxygen atoms in total. The number of aliphatic hydroxyl groups is 1. The summed E-state index contributed by atoms with van der Waals surface area (Å²) in [4.78, 5) is 0. The molecule has 2 N–H and O–H groups in total. The molecule has 0 saturated carbocycles. The summed E-state index contributed by atoms with van der Waals surface area (Å²) in [6.45, 7) is 5.14. The van der Waals surface area contributed by atoms with Crippen LogP contribution in [-0.2, 0) is 0 Å². The Morgan fingerprint density at radius 2 is 2.05 bits per heavy atom. The zero-order valence-corrected chi connectivity index (χ0v) is 12.1. The van der Waals surface area contributed by atoms with Gasteiger partial charge >= 0.3 is 0 Å². The van der Waals surface area contributed by atoms with Crippen molar-refractivity contribution in [1.82, 2.24) is 5.32 Å². The third kappa shape index (κ3) is 5.43. The molecule has 0 aliphatic carbocycles. The van der Waals surface area contributed by atoms with E-state index in [4.69, 9.17) is 4.74 Å². The highest BCUT2D eigenvalue weighted by Crippen LogP contribution is 2.19. The molecule has 0 aromatic heterocycles. The molecule has 1 atom stereocenters. The number of ether oxygens (including phenoxy) is 1. The van der Waals surface area contributed by atoms with Gasteiger partial charge in [-0.3, -0.25) is 0 Å². The third-order valence-corrected chi connectivity index (χ3v) is 3.23. The minimum Gasteiger partial charge on any atom is -0.490 e. The Morgan fingerprint density at radius 3 is 2.70 bits per heavy atom. The second kappa shape index (κ2) is 8.17. The molecule has 0 bridgehead atoms. The number of hydrogen-bond acceptors (Lipinski definition) is 3. The van der Waals surface area contributed by atoms with Crippen molar-refractivity contribution in [3.05, 3.63) is 29.8 Å². The summed E-state index contributed by atoms with van der Waals surface area (Å²) in [5.74, 6) is -1.12. The van der Waals surface area contributed by atoms with E-state index in [1.165, 1.54) is 0 Å². The topological polar surface area (TPSA) is 41.5 Å². The highest BCUT2D eigenvalue weighted by molar-refractivity contribution is 5.24. The maximum Gasteiger partial charge on any atom is 0.165 e. The zero-order valence-electron chi connectivity index (χ0n) is 12.1. The first-order chi connectivity index (χ1) is 9.50. The monoisotopic (exact) mass is 287 g/mol. The average Bonchev–Trinajstić information content (AvgIpc) is 2.42. The number of aliphatic hydroxyl groups excluding tert-OH is 1. The van der Waals surface area contributed by atoms with Crippen molar-refractivity contribution in [1.29, 1.82) is 0 Å². The van der Waals surface area contributed by atoms with Crippen molar-refractivity contribution < 1.29 is 18.6 Å². The van der Waals surface area contributed by atoms with Crippen LogP contribution in [0.5, 0.6) is 5.75 Å². The van der Waals surface area contributed by atoms with Gasteiger partial charge in [0.25, 0.3) is 0 Å². The molecular weight excluding hydrogens is 264 g/mol. The number of likely N-dealkylation sites (N-methyl/N-ethyl adjacent to an activating group) is 1. The van der Waals surface area contributed by atoms with Gasteiger partial charge in [0.05, 0.1) is 13.2 Å². The molecule has 0 radical (unpaired) electrons. The van der Waals surface area contributed by atoms with Crippen molar-refractivity contribution >= 4 is 0 Å². The summed E-state index contributed by atoms with van der Waals surface area (Å²) in [5, 5.41) is 12.6. The van der Waals surface area contributed by atoms with Crippen molar-refractivity contribution in [2.75, 3.05) is 19.8 Å². The molecule has 1 aromatic carbocycles. The quantitative estimate of drug-likeness (QED) is 0.686. The van der Waals surface area contributed by atoms with E-state index in [-0.39, 0.29) is 17.9 Å². The first-order valence-electron chi connectivity index (χ1n) is 6.94. The zero-order chi connectivity index (χ0) is 15.0. The molecule has 0 saturated heterocycles. The Kier molecular flexibility index (Phi) is 6.88. The number of nitrogens with one attached hydrogen (secondary N) is 1. The summed E-state index contributed by atoms with van der Waals surface area (Å²) in [6.07, 6.45) is 2.35. The largest absolute Gasteiger partial charge is 0.490 e. The Bertz CT molecular complexity index is 415. The fourth-order valence-electron chi connectivity index (χ4n) is 2.04. The summed E-state index contributed by atoms with van der Waals surface area (Å²) < 4.78 is 31.4. The number of unbranched alkanes of at least 4 members (excludes halogenated alkanes) is 1. The van der Waals surface area contributed by atoms with Crippen LogP contribution in [0.15, 0.2) is 18.2 Å². The lowest BCUT2D eigenvalue weighted by Crippen LogP contribution is -2.45. The molecule has 0 aliphatic heterocycles. The highest BCUT2D eigenvalue weighted by atomic mass is 19.1. The molecule has 1 aromatic rings. The minimum absolute atomic E-state index is 0.0541. The van der Waals surface area contributed by atoms with Gasteiger partial charge in [-0.25, -0.2) is 8.78 Å². The fourth-order valence-corrected chi connectivity index (χ4v) is 2.04. The summed E-state index contributed by atoms with van der Waals surface area (Å²) in [5.41, 5.74) is -0.293. The molecule has 0 heterocycles. The van der Waals surface area contributed by atoms with Crippen molar-refractivity contribution in [2.24, 2.45) is 0 Å². The first-order valence-corrected chi connectivity index (χ1v) is 6.94. The lowest BCUT2D eigenvalue weighted by atomic mass is 9.96. The van der Waals surface area contributed by atoms with Crippen LogP contribution >= 0.6 is 0 Å². The number of hydrogen-bond donors (Lipinski definition) is 2. The van der Waals surface area contributed by atoms with Gasteiger partial charge in [-0.2, -0.15) is 0 Å². The van der Waals surface area contributed by atoms with E-state index >= 15 is 0 Å². The number of halogens is 2. The predicted octanol–water partition coefficient (Wildman–Crippen LogP) is 2.87. The van der Waals surface area contributed by atoms with Crippen LogP contribution in [0, 0.1) is 11.6 Å². The van der Waals surface area contributed by atoms with Gasteiger partial charge in [0.2, 0.25) is 0 Å². The average molecular weight is 287 g/mol. The van der Waals surface area contributed by atoms with E-state index in [0.29, 0.717) is 6.61 Å². The SMILES string of the molecule is CCNC(C)(CO)CCCCOc1cc(F)ccc1F. The lowest BCUT2D eigenvalue weighted by Gasteiger charge is -2.28. The van der Waals surface area contributed by atoms with E-state index in [9.17, 15) is 13.9 Å². The van der Waals surface area contributed by atoms with E-state index in [2.05, 4.69) is 5.32 Å². The van der Waals surface area contributed by atoms with Crippen LogP contribution in [0.1, 0.15) is 33.1 Å². The van der Waals surface area contributed by atoms with Gasteiger partial charge in [-0.15, -0.1) is 0 Å². The van der Waals surface area contributed by atoms with Crippen molar-refractivity contribution in [3.8, 4) is 5.75 Å². The molecule has 0 spiro atoms. The van der Waals surface area contributed by atoms with Crippen molar-refractivity contribution in [2.45, 2.75) is 38.6 Å². The predicted molar refractivity (Wildman–Crippen MR) is 74.9 cm³/mol. The normalized spacial score (nSPS) is 14.1. The molecule has 0 aliphatic rings. The van der Waals surface area contributed by atoms with Crippen LogP contribution < -0.4 is 10.1 Å². The van der Waals surface area contributed by atoms with Gasteiger partial charge in [-0.1, -0.05) is 6.92 Å². The van der Waals surface area contributed by atoms with Crippen molar-refractivity contribution in [3.63, 3.8) is 0 Å². The molecule has 0 fully saturated rings. The molecule has 1 unspecified atom stereocenters. The third-order valence-electron chi connectivity index (χ3n) is 3.23. The Labute approximate surface area is 119 Å². The maximum atomic E-state index is 13.3. The lowest BCUT2D eigenvalue weighted by molar-refractivity contribution is 0.162. The van der Waals surface area contributed by atoms with Crippen LogP contribution in [0.3, 0.4) is 0 Å². The summed E-state index contributed by atoms with van der Waals surface area (Å²) in [7, 11) is 0. The Balaban J connectivity index is 2.30.